The highest BCUT2D eigenvalue weighted by Gasteiger charge is 2.41. The van der Waals surface area contributed by atoms with E-state index >= 15 is 4.21 Å². The van der Waals surface area contributed by atoms with E-state index in [-0.39, 0.29) is 24.3 Å². The molecule has 6 nitrogen and oxygen atoms in total. The van der Waals surface area contributed by atoms with Crippen LogP contribution in [0.5, 0.6) is 0 Å². The summed E-state index contributed by atoms with van der Waals surface area (Å²) in [4.78, 5) is 0. The molecule has 3 aromatic rings. The van der Waals surface area contributed by atoms with Crippen LogP contribution in [0.25, 0.3) is 0 Å². The van der Waals surface area contributed by atoms with Crippen LogP contribution in [-0.2, 0) is 38.0 Å². The topological polar surface area (TPSA) is 67.9 Å². The summed E-state index contributed by atoms with van der Waals surface area (Å²) in [5.41, 5.74) is 3.23. The van der Waals surface area contributed by atoms with E-state index in [0.29, 0.717) is 13.0 Å². The standard InChI is InChI=1S/C39H50N2O4S2/c1-38(2,3)46(42)40-36(31-20-11-7-12-21-31)34-26-17-24-33(45-34)28-39(4,5)47(43)41(29-30-18-9-6-10-19-30)37(32-22-13-8-14-23-32)35-25-15-16-27-44-35/h6-14,16,18-24,27,34-37,40H,15,17,25-26,28-29H2,1-5H3. The SMILES string of the molecule is CC(C)(C)S(=O)NC(c1ccccc1)C1CCC=C(CC(C)(C)S(=O)N(Cc2ccccc2)C(c2ccccc2)C2CCC=CO2)O1. The third-order valence-electron chi connectivity index (χ3n) is 8.68. The monoisotopic (exact) mass is 674 g/mol. The maximum absolute atomic E-state index is 15.0. The Hall–Kier alpha value is -3.04. The normalized spacial score (nSPS) is 21.2. The molecule has 8 heteroatoms. The highest BCUT2D eigenvalue weighted by atomic mass is 32.2. The molecule has 0 fully saturated rings. The van der Waals surface area contributed by atoms with Crippen molar-refractivity contribution in [3.05, 3.63) is 132 Å². The maximum Gasteiger partial charge on any atom is 0.119 e. The zero-order valence-corrected chi connectivity index (χ0v) is 30.0. The van der Waals surface area contributed by atoms with Crippen LogP contribution in [0.1, 0.15) is 95.5 Å². The van der Waals surface area contributed by atoms with E-state index in [0.717, 1.165) is 48.1 Å². The van der Waals surface area contributed by atoms with Crippen molar-refractivity contribution in [1.29, 1.82) is 0 Å². The zero-order chi connectivity index (χ0) is 33.4. The second kappa shape index (κ2) is 15.9. The average Bonchev–Trinajstić information content (AvgIpc) is 3.08. The number of benzene rings is 3. The molecule has 6 unspecified atom stereocenters. The molecule has 0 spiro atoms. The van der Waals surface area contributed by atoms with Gasteiger partial charge in [0.15, 0.2) is 0 Å². The number of ether oxygens (including phenoxy) is 2. The molecule has 0 bridgehead atoms. The first-order valence-electron chi connectivity index (χ1n) is 16.7. The van der Waals surface area contributed by atoms with Crippen molar-refractivity contribution < 1.29 is 17.9 Å². The van der Waals surface area contributed by atoms with Crippen LogP contribution in [0, 0.1) is 0 Å². The van der Waals surface area contributed by atoms with Gasteiger partial charge < -0.3 is 9.47 Å². The summed E-state index contributed by atoms with van der Waals surface area (Å²) in [6.45, 7) is 10.6. The molecule has 2 aliphatic rings. The maximum atomic E-state index is 15.0. The fourth-order valence-electron chi connectivity index (χ4n) is 6.19. The molecule has 5 rings (SSSR count). The largest absolute Gasteiger partial charge is 0.496 e. The van der Waals surface area contributed by atoms with Gasteiger partial charge in [0.2, 0.25) is 0 Å². The smallest absolute Gasteiger partial charge is 0.119 e. The minimum absolute atomic E-state index is 0.137. The molecule has 0 aliphatic carbocycles. The van der Waals surface area contributed by atoms with Crippen LogP contribution in [-0.4, -0.2) is 34.4 Å². The summed E-state index contributed by atoms with van der Waals surface area (Å²) in [6, 6.07) is 30.3. The van der Waals surface area contributed by atoms with E-state index in [4.69, 9.17) is 9.47 Å². The molecular formula is C39H50N2O4S2. The van der Waals surface area contributed by atoms with E-state index in [1.807, 2.05) is 75.4 Å². The minimum Gasteiger partial charge on any atom is -0.496 e. The number of allylic oxidation sites excluding steroid dienone is 3. The van der Waals surface area contributed by atoms with Gasteiger partial charge in [-0.1, -0.05) is 91.0 Å². The third-order valence-corrected chi connectivity index (χ3v) is 12.1. The first-order chi connectivity index (χ1) is 22.5. The summed E-state index contributed by atoms with van der Waals surface area (Å²) in [7, 11) is -2.72. The van der Waals surface area contributed by atoms with Crippen LogP contribution < -0.4 is 4.72 Å². The zero-order valence-electron chi connectivity index (χ0n) is 28.3. The molecule has 47 heavy (non-hydrogen) atoms. The van der Waals surface area contributed by atoms with Gasteiger partial charge in [0.1, 0.15) is 23.2 Å². The van der Waals surface area contributed by atoms with E-state index in [1.54, 1.807) is 6.26 Å². The Balaban J connectivity index is 1.42. The lowest BCUT2D eigenvalue weighted by Crippen LogP contribution is -2.46. The summed E-state index contributed by atoms with van der Waals surface area (Å²) in [5.74, 6) is 0.830. The molecule has 3 aromatic carbocycles. The molecule has 6 atom stereocenters. The predicted molar refractivity (Wildman–Crippen MR) is 194 cm³/mol. The fraction of sp³-hybridized carbons (Fsp3) is 0.436. The first-order valence-corrected chi connectivity index (χ1v) is 19.0. The van der Waals surface area contributed by atoms with Crippen molar-refractivity contribution in [2.75, 3.05) is 0 Å². The molecule has 0 amide bonds. The van der Waals surface area contributed by atoms with Gasteiger partial charge in [-0.25, -0.2) is 17.4 Å². The van der Waals surface area contributed by atoms with E-state index in [9.17, 15) is 4.21 Å². The second-order valence-electron chi connectivity index (χ2n) is 14.0. The first kappa shape index (κ1) is 35.3. The van der Waals surface area contributed by atoms with Gasteiger partial charge in [-0.05, 0) is 89.1 Å². The lowest BCUT2D eigenvalue weighted by Gasteiger charge is -2.41. The molecule has 0 radical (unpaired) electrons. The van der Waals surface area contributed by atoms with Gasteiger partial charge in [0.05, 0.1) is 44.6 Å². The van der Waals surface area contributed by atoms with Crippen LogP contribution in [0.2, 0.25) is 0 Å². The van der Waals surface area contributed by atoms with Crippen molar-refractivity contribution in [2.45, 2.75) is 107 Å². The quantitative estimate of drug-likeness (QED) is 0.197. The number of nitrogens with zero attached hydrogens (tertiary/aromatic N) is 1. The van der Waals surface area contributed by atoms with Gasteiger partial charge >= 0.3 is 0 Å². The van der Waals surface area contributed by atoms with Gasteiger partial charge in [-0.3, -0.25) is 0 Å². The Kier molecular flexibility index (Phi) is 11.9. The average molecular weight is 675 g/mol. The number of hydrogen-bond donors (Lipinski definition) is 1. The summed E-state index contributed by atoms with van der Waals surface area (Å²) < 4.78 is 45.7. The van der Waals surface area contributed by atoms with Crippen LogP contribution in [0.3, 0.4) is 0 Å². The lowest BCUT2D eigenvalue weighted by atomic mass is 9.96. The Morgan fingerprint density at radius 2 is 1.40 bits per heavy atom. The molecule has 2 aliphatic heterocycles. The van der Waals surface area contributed by atoms with Crippen molar-refractivity contribution in [3.63, 3.8) is 0 Å². The third kappa shape index (κ3) is 9.32. The number of nitrogens with one attached hydrogen (secondary N) is 1. The van der Waals surface area contributed by atoms with E-state index in [1.165, 1.54) is 0 Å². The van der Waals surface area contributed by atoms with Crippen molar-refractivity contribution in [1.82, 2.24) is 9.03 Å². The fourth-order valence-corrected chi connectivity index (χ4v) is 8.70. The Morgan fingerprint density at radius 3 is 2.00 bits per heavy atom. The van der Waals surface area contributed by atoms with E-state index in [2.05, 4.69) is 71.4 Å². The molecule has 0 saturated heterocycles. The van der Waals surface area contributed by atoms with Crippen LogP contribution >= 0.6 is 0 Å². The number of hydrogen-bond acceptors (Lipinski definition) is 4. The Labute approximate surface area is 286 Å². The second-order valence-corrected chi connectivity index (χ2v) is 18.1. The van der Waals surface area contributed by atoms with Gasteiger partial charge in [0, 0.05) is 13.0 Å². The predicted octanol–water partition coefficient (Wildman–Crippen LogP) is 8.61. The van der Waals surface area contributed by atoms with Crippen LogP contribution in [0.4, 0.5) is 0 Å². The van der Waals surface area contributed by atoms with Gasteiger partial charge in [-0.15, -0.1) is 0 Å². The highest BCUT2D eigenvalue weighted by Crippen LogP contribution is 2.39. The van der Waals surface area contributed by atoms with E-state index < -0.39 is 31.5 Å². The molecule has 0 aromatic heterocycles. The Morgan fingerprint density at radius 1 is 0.809 bits per heavy atom. The lowest BCUT2D eigenvalue weighted by molar-refractivity contribution is 0.0532. The van der Waals surface area contributed by atoms with Crippen LogP contribution in [0.15, 0.2) is 115 Å². The molecule has 1 N–H and O–H groups in total. The summed E-state index contributed by atoms with van der Waals surface area (Å²) in [6.07, 6.45) is 9.53. The van der Waals surface area contributed by atoms with Gasteiger partial charge in [-0.2, -0.15) is 0 Å². The summed E-state index contributed by atoms with van der Waals surface area (Å²) >= 11 is 0. The summed E-state index contributed by atoms with van der Waals surface area (Å²) in [5, 5.41) is 0. The molecule has 252 valence electrons. The molecular weight excluding hydrogens is 625 g/mol. The van der Waals surface area contributed by atoms with Crippen molar-refractivity contribution in [3.8, 4) is 0 Å². The Bertz CT molecular complexity index is 1540. The number of rotatable bonds is 13. The minimum atomic E-state index is -1.44. The van der Waals surface area contributed by atoms with Crippen molar-refractivity contribution in [2.24, 2.45) is 0 Å². The highest BCUT2D eigenvalue weighted by molar-refractivity contribution is 7.84. The molecule has 0 saturated carbocycles. The molecule has 2 heterocycles. The van der Waals surface area contributed by atoms with Gasteiger partial charge in [0.25, 0.3) is 0 Å². The van der Waals surface area contributed by atoms with Crippen molar-refractivity contribution >= 4 is 22.0 Å².